The van der Waals surface area contributed by atoms with Gasteiger partial charge in [0.05, 0.1) is 17.3 Å². The van der Waals surface area contributed by atoms with Crippen molar-refractivity contribution in [2.24, 2.45) is 5.92 Å². The Kier molecular flexibility index (Phi) is 3.81. The van der Waals surface area contributed by atoms with Gasteiger partial charge in [0.1, 0.15) is 0 Å². The van der Waals surface area contributed by atoms with Crippen LogP contribution in [0.5, 0.6) is 0 Å². The van der Waals surface area contributed by atoms with Crippen LogP contribution in [0.1, 0.15) is 39.9 Å². The Morgan fingerprint density at radius 1 is 1.17 bits per heavy atom. The summed E-state index contributed by atoms with van der Waals surface area (Å²) >= 11 is 6.46. The third-order valence-corrected chi connectivity index (χ3v) is 5.45. The first-order valence-electron chi connectivity index (χ1n) is 8.23. The van der Waals surface area contributed by atoms with Crippen LogP contribution in [0.4, 0.5) is 5.69 Å². The van der Waals surface area contributed by atoms with Crippen molar-refractivity contribution in [3.05, 3.63) is 76.3 Å². The number of para-hydroxylation sites is 1. The lowest BCUT2D eigenvalue weighted by atomic mass is 9.76. The summed E-state index contributed by atoms with van der Waals surface area (Å²) < 4.78 is 0. The third-order valence-electron chi connectivity index (χ3n) is 5.11. The number of hydrogen-bond acceptors (Lipinski definition) is 2. The van der Waals surface area contributed by atoms with Gasteiger partial charge in [0.25, 0.3) is 5.91 Å². The zero-order valence-corrected chi connectivity index (χ0v) is 14.2. The minimum Gasteiger partial charge on any atom is -0.377 e. The van der Waals surface area contributed by atoms with E-state index in [0.717, 1.165) is 22.7 Å². The Morgan fingerprint density at radius 3 is 2.75 bits per heavy atom. The second-order valence-electron chi connectivity index (χ2n) is 6.35. The topological polar surface area (TPSA) is 41.1 Å². The molecule has 0 fully saturated rings. The van der Waals surface area contributed by atoms with Crippen LogP contribution in [0.2, 0.25) is 5.02 Å². The summed E-state index contributed by atoms with van der Waals surface area (Å²) in [5.74, 6) is 0.655. The maximum atomic E-state index is 12.3. The molecule has 122 valence electrons. The zero-order valence-electron chi connectivity index (χ0n) is 13.4. The minimum absolute atomic E-state index is 0.0716. The number of carbonyl (C=O) groups is 1. The largest absolute Gasteiger partial charge is 0.377 e. The highest BCUT2D eigenvalue weighted by Gasteiger charge is 2.39. The molecule has 0 saturated heterocycles. The molecule has 1 aliphatic carbocycles. The van der Waals surface area contributed by atoms with Crippen LogP contribution in [0.25, 0.3) is 0 Å². The molecule has 4 heteroatoms. The standard InChI is InChI=1S/C20H19ClN2O/c1-22-20(24)16-10-5-9-14-12-7-4-8-13(12)18(23-19(14)16)15-6-2-3-11-17(15)21/h2-7,9-13,18,23H,8H2,1H3,(H,22,24). The van der Waals surface area contributed by atoms with Gasteiger partial charge in [0.2, 0.25) is 0 Å². The van der Waals surface area contributed by atoms with Crippen molar-refractivity contribution in [2.75, 3.05) is 12.4 Å². The highest BCUT2D eigenvalue weighted by molar-refractivity contribution is 6.31. The molecule has 4 rings (SSSR count). The van der Waals surface area contributed by atoms with E-state index in [1.165, 1.54) is 5.56 Å². The number of fused-ring (bicyclic) bond motifs is 3. The summed E-state index contributed by atoms with van der Waals surface area (Å²) in [6.45, 7) is 0. The molecule has 1 amide bonds. The molecule has 2 aliphatic rings. The Morgan fingerprint density at radius 2 is 1.96 bits per heavy atom. The molecule has 0 radical (unpaired) electrons. The molecular weight excluding hydrogens is 320 g/mol. The lowest BCUT2D eigenvalue weighted by Gasteiger charge is -2.38. The maximum Gasteiger partial charge on any atom is 0.253 e. The second kappa shape index (κ2) is 5.99. The fourth-order valence-corrected chi connectivity index (χ4v) is 4.23. The summed E-state index contributed by atoms with van der Waals surface area (Å²) in [6, 6.07) is 14.0. The first-order chi connectivity index (χ1) is 11.7. The van der Waals surface area contributed by atoms with E-state index in [2.05, 4.69) is 34.9 Å². The van der Waals surface area contributed by atoms with E-state index in [1.54, 1.807) is 7.05 Å². The number of rotatable bonds is 2. The monoisotopic (exact) mass is 338 g/mol. The molecule has 0 saturated carbocycles. The summed E-state index contributed by atoms with van der Waals surface area (Å²) in [4.78, 5) is 12.3. The number of anilines is 1. The van der Waals surface area contributed by atoms with E-state index in [1.807, 2.05) is 30.3 Å². The van der Waals surface area contributed by atoms with Gasteiger partial charge in [0.15, 0.2) is 0 Å². The quantitative estimate of drug-likeness (QED) is 0.790. The molecule has 0 aromatic heterocycles. The molecule has 2 aromatic carbocycles. The van der Waals surface area contributed by atoms with Crippen LogP contribution in [-0.4, -0.2) is 13.0 Å². The zero-order chi connectivity index (χ0) is 16.7. The van der Waals surface area contributed by atoms with Crippen molar-refractivity contribution < 1.29 is 4.79 Å². The Hall–Kier alpha value is -2.26. The number of amides is 1. The fourth-order valence-electron chi connectivity index (χ4n) is 3.98. The lowest BCUT2D eigenvalue weighted by molar-refractivity contribution is 0.0963. The average Bonchev–Trinajstić information content (AvgIpc) is 3.10. The SMILES string of the molecule is CNC(=O)c1cccc2c1NC(c1ccccc1Cl)C1CC=CC21. The molecule has 0 bridgehead atoms. The number of hydrogen-bond donors (Lipinski definition) is 2. The predicted molar refractivity (Wildman–Crippen MR) is 97.6 cm³/mol. The molecule has 0 spiro atoms. The van der Waals surface area contributed by atoms with Gasteiger partial charge in [-0.15, -0.1) is 0 Å². The first-order valence-corrected chi connectivity index (χ1v) is 8.61. The van der Waals surface area contributed by atoms with Crippen molar-refractivity contribution in [3.63, 3.8) is 0 Å². The summed E-state index contributed by atoms with van der Waals surface area (Å²) in [7, 11) is 1.66. The second-order valence-corrected chi connectivity index (χ2v) is 6.75. The van der Waals surface area contributed by atoms with Crippen LogP contribution >= 0.6 is 11.6 Å². The molecule has 3 atom stereocenters. The normalized spacial score (nSPS) is 24.0. The van der Waals surface area contributed by atoms with E-state index in [9.17, 15) is 4.79 Å². The smallest absolute Gasteiger partial charge is 0.253 e. The molecule has 3 nitrogen and oxygen atoms in total. The lowest BCUT2D eigenvalue weighted by Crippen LogP contribution is -2.31. The highest BCUT2D eigenvalue weighted by Crippen LogP contribution is 2.51. The molecule has 2 N–H and O–H groups in total. The average molecular weight is 339 g/mol. The maximum absolute atomic E-state index is 12.3. The van der Waals surface area contributed by atoms with Crippen molar-refractivity contribution in [2.45, 2.75) is 18.4 Å². The number of nitrogens with one attached hydrogen (secondary N) is 2. The Bertz CT molecular complexity index is 830. The summed E-state index contributed by atoms with van der Waals surface area (Å²) in [5, 5.41) is 7.12. The predicted octanol–water partition coefficient (Wildman–Crippen LogP) is 4.53. The van der Waals surface area contributed by atoms with E-state index in [0.29, 0.717) is 17.4 Å². The van der Waals surface area contributed by atoms with Gasteiger partial charge < -0.3 is 10.6 Å². The van der Waals surface area contributed by atoms with E-state index in [4.69, 9.17) is 11.6 Å². The number of allylic oxidation sites excluding steroid dienone is 2. The molecule has 24 heavy (non-hydrogen) atoms. The molecule has 2 aromatic rings. The highest BCUT2D eigenvalue weighted by atomic mass is 35.5. The molecule has 3 unspecified atom stereocenters. The number of carbonyl (C=O) groups excluding carboxylic acids is 1. The first kappa shape index (κ1) is 15.3. The van der Waals surface area contributed by atoms with Crippen LogP contribution in [0.3, 0.4) is 0 Å². The van der Waals surface area contributed by atoms with Crippen LogP contribution in [0.15, 0.2) is 54.6 Å². The van der Waals surface area contributed by atoms with Gasteiger partial charge in [-0.3, -0.25) is 4.79 Å². The molecule has 1 heterocycles. The van der Waals surface area contributed by atoms with E-state index >= 15 is 0 Å². The van der Waals surface area contributed by atoms with E-state index < -0.39 is 0 Å². The van der Waals surface area contributed by atoms with Crippen molar-refractivity contribution in [1.82, 2.24) is 5.32 Å². The van der Waals surface area contributed by atoms with Crippen molar-refractivity contribution >= 4 is 23.2 Å². The van der Waals surface area contributed by atoms with Gasteiger partial charge in [-0.2, -0.15) is 0 Å². The molecular formula is C20H19ClN2O. The van der Waals surface area contributed by atoms with Gasteiger partial charge in [-0.25, -0.2) is 0 Å². The van der Waals surface area contributed by atoms with Gasteiger partial charge in [-0.05, 0) is 35.6 Å². The van der Waals surface area contributed by atoms with Crippen LogP contribution < -0.4 is 10.6 Å². The van der Waals surface area contributed by atoms with Crippen LogP contribution in [-0.2, 0) is 0 Å². The minimum atomic E-state index is -0.0716. The summed E-state index contributed by atoms with van der Waals surface area (Å²) in [5.41, 5.74) is 3.90. The third kappa shape index (κ3) is 2.31. The van der Waals surface area contributed by atoms with E-state index in [-0.39, 0.29) is 11.9 Å². The Balaban J connectivity index is 1.85. The van der Waals surface area contributed by atoms with Gasteiger partial charge in [-0.1, -0.05) is 54.1 Å². The van der Waals surface area contributed by atoms with Gasteiger partial charge >= 0.3 is 0 Å². The van der Waals surface area contributed by atoms with Gasteiger partial charge in [0, 0.05) is 18.0 Å². The number of halogens is 1. The van der Waals surface area contributed by atoms with Crippen molar-refractivity contribution in [1.29, 1.82) is 0 Å². The molecule has 1 aliphatic heterocycles. The van der Waals surface area contributed by atoms with Crippen LogP contribution in [0, 0.1) is 5.92 Å². The summed E-state index contributed by atoms with van der Waals surface area (Å²) in [6.07, 6.45) is 5.52. The Labute approximate surface area is 146 Å². The van der Waals surface area contributed by atoms with Crippen molar-refractivity contribution in [3.8, 4) is 0 Å². The fraction of sp³-hybridized carbons (Fsp3) is 0.250. The number of benzene rings is 2.